The summed E-state index contributed by atoms with van der Waals surface area (Å²) in [5.41, 5.74) is 0.581. The molecule has 0 aliphatic carbocycles. The minimum atomic E-state index is -0.302. The number of ether oxygens (including phenoxy) is 1. The molecule has 2 aromatic rings. The van der Waals surface area contributed by atoms with Crippen molar-refractivity contribution in [3.05, 3.63) is 40.4 Å². The molecule has 0 aliphatic rings. The Morgan fingerprint density at radius 3 is 2.56 bits per heavy atom. The molecule has 136 valence electrons. The summed E-state index contributed by atoms with van der Waals surface area (Å²) in [7, 11) is 0. The van der Waals surface area contributed by atoms with Gasteiger partial charge in [-0.15, -0.1) is 0 Å². The Morgan fingerprint density at radius 2 is 1.92 bits per heavy atom. The van der Waals surface area contributed by atoms with Crippen LogP contribution in [0.5, 0.6) is 0 Å². The molecule has 1 aromatic heterocycles. The zero-order valence-electron chi connectivity index (χ0n) is 15.5. The predicted octanol–water partition coefficient (Wildman–Crippen LogP) is 2.75. The highest BCUT2D eigenvalue weighted by Crippen LogP contribution is 2.19. The predicted molar refractivity (Wildman–Crippen MR) is 98.6 cm³/mol. The van der Waals surface area contributed by atoms with Crippen molar-refractivity contribution in [3.8, 4) is 0 Å². The molecule has 1 heterocycles. The molecular formula is C19H27N3O3. The number of hydrogen-bond donors (Lipinski definition) is 0. The van der Waals surface area contributed by atoms with Crippen molar-refractivity contribution in [1.29, 1.82) is 0 Å². The highest BCUT2D eigenvalue weighted by molar-refractivity contribution is 5.77. The SMILES string of the molecule is CCOC(=O)CCn1c(C(C)N(CC)CC)nc2ccccc2c1=O. The first kappa shape index (κ1) is 19.1. The first-order valence-electron chi connectivity index (χ1n) is 8.92. The Balaban J connectivity index is 2.51. The third-order valence-electron chi connectivity index (χ3n) is 4.47. The molecule has 0 saturated heterocycles. The highest BCUT2D eigenvalue weighted by Gasteiger charge is 2.21. The molecule has 2 rings (SSSR count). The number of benzene rings is 1. The molecule has 0 aliphatic heterocycles. The normalized spacial score (nSPS) is 12.5. The van der Waals surface area contributed by atoms with Crippen LogP contribution in [0.25, 0.3) is 10.9 Å². The third kappa shape index (κ3) is 4.25. The zero-order valence-corrected chi connectivity index (χ0v) is 15.5. The molecule has 0 amide bonds. The van der Waals surface area contributed by atoms with Crippen LogP contribution in [0.1, 0.15) is 46.0 Å². The van der Waals surface area contributed by atoms with Crippen LogP contribution in [-0.4, -0.2) is 40.1 Å². The van der Waals surface area contributed by atoms with E-state index in [0.29, 0.717) is 23.3 Å². The van der Waals surface area contributed by atoms with Crippen LogP contribution in [0.15, 0.2) is 29.1 Å². The number of carbonyl (C=O) groups is 1. The number of aromatic nitrogens is 2. The van der Waals surface area contributed by atoms with E-state index in [0.717, 1.165) is 13.1 Å². The molecule has 0 spiro atoms. The van der Waals surface area contributed by atoms with Gasteiger partial charge >= 0.3 is 5.97 Å². The van der Waals surface area contributed by atoms with Crippen LogP contribution in [0.2, 0.25) is 0 Å². The van der Waals surface area contributed by atoms with Crippen LogP contribution in [-0.2, 0) is 16.1 Å². The smallest absolute Gasteiger partial charge is 0.307 e. The number of fused-ring (bicyclic) bond motifs is 1. The summed E-state index contributed by atoms with van der Waals surface area (Å²) in [6, 6.07) is 7.31. The maximum Gasteiger partial charge on any atom is 0.307 e. The van der Waals surface area contributed by atoms with Gasteiger partial charge in [0.2, 0.25) is 0 Å². The lowest BCUT2D eigenvalue weighted by Crippen LogP contribution is -2.34. The van der Waals surface area contributed by atoms with Crippen molar-refractivity contribution in [2.75, 3.05) is 19.7 Å². The van der Waals surface area contributed by atoms with Crippen LogP contribution >= 0.6 is 0 Å². The van der Waals surface area contributed by atoms with E-state index in [2.05, 4.69) is 18.7 Å². The summed E-state index contributed by atoms with van der Waals surface area (Å²) in [6.07, 6.45) is 0.158. The van der Waals surface area contributed by atoms with Gasteiger partial charge in [0.1, 0.15) is 5.82 Å². The Hall–Kier alpha value is -2.21. The van der Waals surface area contributed by atoms with Crippen molar-refractivity contribution in [2.24, 2.45) is 0 Å². The van der Waals surface area contributed by atoms with Crippen molar-refractivity contribution in [3.63, 3.8) is 0 Å². The number of hydrogen-bond acceptors (Lipinski definition) is 5. The van der Waals surface area contributed by atoms with Gasteiger partial charge in [-0.2, -0.15) is 0 Å². The first-order chi connectivity index (χ1) is 12.0. The molecule has 0 N–H and O–H groups in total. The lowest BCUT2D eigenvalue weighted by Gasteiger charge is -2.28. The number of esters is 1. The van der Waals surface area contributed by atoms with E-state index in [-0.39, 0.29) is 30.5 Å². The maximum atomic E-state index is 13.0. The molecule has 1 atom stereocenters. The fourth-order valence-electron chi connectivity index (χ4n) is 3.09. The number of nitrogens with zero attached hydrogens (tertiary/aromatic N) is 3. The van der Waals surface area contributed by atoms with E-state index in [1.165, 1.54) is 0 Å². The van der Waals surface area contributed by atoms with Gasteiger partial charge < -0.3 is 4.74 Å². The number of rotatable bonds is 8. The quantitative estimate of drug-likeness (QED) is 0.688. The summed E-state index contributed by atoms with van der Waals surface area (Å²) in [5.74, 6) is 0.390. The molecule has 0 radical (unpaired) electrons. The van der Waals surface area contributed by atoms with Gasteiger partial charge in [-0.25, -0.2) is 4.98 Å². The summed E-state index contributed by atoms with van der Waals surface area (Å²) in [6.45, 7) is 10.3. The number of carbonyl (C=O) groups excluding carboxylic acids is 1. The fraction of sp³-hybridized carbons (Fsp3) is 0.526. The largest absolute Gasteiger partial charge is 0.466 e. The summed E-state index contributed by atoms with van der Waals surface area (Å²) >= 11 is 0. The minimum Gasteiger partial charge on any atom is -0.466 e. The zero-order chi connectivity index (χ0) is 18.4. The summed E-state index contributed by atoms with van der Waals surface area (Å²) in [4.78, 5) is 31.7. The molecule has 0 saturated carbocycles. The van der Waals surface area contributed by atoms with Crippen LogP contribution < -0.4 is 5.56 Å². The molecule has 1 aromatic carbocycles. The van der Waals surface area contributed by atoms with Crippen LogP contribution in [0.3, 0.4) is 0 Å². The molecule has 6 heteroatoms. The second kappa shape index (κ2) is 8.76. The van der Waals surface area contributed by atoms with E-state index < -0.39 is 0 Å². The van der Waals surface area contributed by atoms with E-state index in [1.807, 2.05) is 25.1 Å². The van der Waals surface area contributed by atoms with Gasteiger partial charge in [0, 0.05) is 6.54 Å². The van der Waals surface area contributed by atoms with Gasteiger partial charge in [-0.05, 0) is 39.1 Å². The lowest BCUT2D eigenvalue weighted by atomic mass is 10.2. The Morgan fingerprint density at radius 1 is 1.24 bits per heavy atom. The van der Waals surface area contributed by atoms with Gasteiger partial charge in [0.15, 0.2) is 0 Å². The molecule has 0 fully saturated rings. The van der Waals surface area contributed by atoms with Gasteiger partial charge in [0.05, 0.1) is 30.0 Å². The molecular weight excluding hydrogens is 318 g/mol. The summed E-state index contributed by atoms with van der Waals surface area (Å²) in [5, 5.41) is 0.571. The monoisotopic (exact) mass is 345 g/mol. The van der Waals surface area contributed by atoms with E-state index in [9.17, 15) is 9.59 Å². The van der Waals surface area contributed by atoms with E-state index in [4.69, 9.17) is 9.72 Å². The number of para-hydroxylation sites is 1. The van der Waals surface area contributed by atoms with Crippen LogP contribution in [0, 0.1) is 0 Å². The fourth-order valence-corrected chi connectivity index (χ4v) is 3.09. The standard InChI is InChI=1S/C19H27N3O3/c1-5-21(6-2)14(4)18-20-16-11-9-8-10-15(16)19(24)22(18)13-12-17(23)25-7-3/h8-11,14H,5-7,12-13H2,1-4H3. The summed E-state index contributed by atoms with van der Waals surface area (Å²) < 4.78 is 6.62. The van der Waals surface area contributed by atoms with Crippen molar-refractivity contribution >= 4 is 16.9 Å². The second-order valence-corrected chi connectivity index (χ2v) is 5.90. The molecule has 6 nitrogen and oxygen atoms in total. The van der Waals surface area contributed by atoms with Crippen molar-refractivity contribution < 1.29 is 9.53 Å². The Labute approximate surface area is 148 Å². The minimum absolute atomic E-state index is 0.0190. The lowest BCUT2D eigenvalue weighted by molar-refractivity contribution is -0.143. The Bertz CT molecular complexity index is 781. The van der Waals surface area contributed by atoms with Gasteiger partial charge in [0.25, 0.3) is 5.56 Å². The average molecular weight is 345 g/mol. The average Bonchev–Trinajstić information content (AvgIpc) is 2.62. The van der Waals surface area contributed by atoms with Gasteiger partial charge in [-0.3, -0.25) is 19.1 Å². The van der Waals surface area contributed by atoms with E-state index >= 15 is 0 Å². The molecule has 1 unspecified atom stereocenters. The van der Waals surface area contributed by atoms with Crippen LogP contribution in [0.4, 0.5) is 0 Å². The third-order valence-corrected chi connectivity index (χ3v) is 4.47. The molecule has 25 heavy (non-hydrogen) atoms. The second-order valence-electron chi connectivity index (χ2n) is 5.90. The Kier molecular flexibility index (Phi) is 6.70. The first-order valence-corrected chi connectivity index (χ1v) is 8.92. The van der Waals surface area contributed by atoms with E-state index in [1.54, 1.807) is 17.6 Å². The highest BCUT2D eigenvalue weighted by atomic mass is 16.5. The van der Waals surface area contributed by atoms with Crippen molar-refractivity contribution in [2.45, 2.75) is 46.7 Å². The van der Waals surface area contributed by atoms with Gasteiger partial charge in [-0.1, -0.05) is 26.0 Å². The van der Waals surface area contributed by atoms with Crippen molar-refractivity contribution in [1.82, 2.24) is 14.5 Å². The molecule has 0 bridgehead atoms. The topological polar surface area (TPSA) is 64.4 Å². The maximum absolute atomic E-state index is 13.0.